The van der Waals surface area contributed by atoms with Crippen LogP contribution in [-0.4, -0.2) is 39.9 Å². The first-order valence-electron chi connectivity index (χ1n) is 15.4. The lowest BCUT2D eigenvalue weighted by Gasteiger charge is -2.16. The predicted molar refractivity (Wildman–Crippen MR) is 175 cm³/mol. The summed E-state index contributed by atoms with van der Waals surface area (Å²) in [7, 11) is -3.39. The van der Waals surface area contributed by atoms with E-state index >= 15 is 0 Å². The van der Waals surface area contributed by atoms with Gasteiger partial charge in [-0.1, -0.05) is 109 Å². The van der Waals surface area contributed by atoms with Crippen molar-refractivity contribution in [2.75, 3.05) is 11.1 Å². The minimum Gasteiger partial charge on any atom is -0.322 e. The van der Waals surface area contributed by atoms with Crippen molar-refractivity contribution < 1.29 is 13.2 Å². The van der Waals surface area contributed by atoms with E-state index in [1.165, 1.54) is 57.1 Å². The highest BCUT2D eigenvalue weighted by Crippen LogP contribution is 2.32. The molecule has 4 rings (SSSR count). The molecule has 4 aromatic rings. The Balaban J connectivity index is 1.30. The van der Waals surface area contributed by atoms with Crippen molar-refractivity contribution in [3.8, 4) is 11.4 Å². The molecule has 2 aromatic carbocycles. The van der Waals surface area contributed by atoms with Gasteiger partial charge in [-0.15, -0.1) is 5.10 Å². The van der Waals surface area contributed by atoms with Crippen molar-refractivity contribution in [3.05, 3.63) is 64.8 Å². The lowest BCUT2D eigenvalue weighted by molar-refractivity contribution is 0.102. The molecule has 0 bridgehead atoms. The van der Waals surface area contributed by atoms with Gasteiger partial charge < -0.3 is 5.32 Å². The Hall–Kier alpha value is -3.17. The number of halogens is 1. The highest BCUT2D eigenvalue weighted by atomic mass is 35.5. The molecule has 0 spiro atoms. The van der Waals surface area contributed by atoms with Crippen LogP contribution in [-0.2, 0) is 15.3 Å². The number of carbonyl (C=O) groups is 1. The fourth-order valence-electron chi connectivity index (χ4n) is 5.07. The number of sulfone groups is 1. The number of hydrogen-bond donors (Lipinski definition) is 2. The molecule has 0 aliphatic heterocycles. The number of H-pyrrole nitrogens is 1. The first-order chi connectivity index (χ1) is 20.5. The van der Waals surface area contributed by atoms with E-state index in [2.05, 4.69) is 48.2 Å². The fourth-order valence-corrected chi connectivity index (χ4v) is 6.89. The third-order valence-corrected chi connectivity index (χ3v) is 9.79. The van der Waals surface area contributed by atoms with Gasteiger partial charge in [0.2, 0.25) is 0 Å². The fraction of sp³-hybridized carbons (Fsp3) is 0.485. The quantitative estimate of drug-likeness (QED) is 0.129. The van der Waals surface area contributed by atoms with Crippen LogP contribution < -0.4 is 5.32 Å². The molecular weight excluding hydrogens is 582 g/mol. The van der Waals surface area contributed by atoms with Crippen LogP contribution in [0, 0.1) is 0 Å². The summed E-state index contributed by atoms with van der Waals surface area (Å²) in [6.45, 7) is 8.40. The van der Waals surface area contributed by atoms with Crippen LogP contribution in [0.25, 0.3) is 17.0 Å². The van der Waals surface area contributed by atoms with Crippen LogP contribution in [0.3, 0.4) is 0 Å². The number of nitrogens with zero attached hydrogens (tertiary/aromatic N) is 3. The van der Waals surface area contributed by atoms with E-state index in [4.69, 9.17) is 11.6 Å². The number of anilines is 1. The zero-order valence-electron chi connectivity index (χ0n) is 25.7. The second-order valence-corrected chi connectivity index (χ2v) is 14.8. The lowest BCUT2D eigenvalue weighted by atomic mass is 9.92. The Bertz CT molecular complexity index is 1620. The summed E-state index contributed by atoms with van der Waals surface area (Å²) in [5.41, 5.74) is 2.88. The third-order valence-electron chi connectivity index (χ3n) is 7.61. The van der Waals surface area contributed by atoms with Gasteiger partial charge in [0.1, 0.15) is 5.02 Å². The van der Waals surface area contributed by atoms with Gasteiger partial charge in [0.05, 0.1) is 16.3 Å². The van der Waals surface area contributed by atoms with Gasteiger partial charge >= 0.3 is 0 Å². The number of aromatic nitrogens is 4. The van der Waals surface area contributed by atoms with E-state index in [9.17, 15) is 13.2 Å². The molecule has 43 heavy (non-hydrogen) atoms. The molecule has 0 fully saturated rings. The van der Waals surface area contributed by atoms with Gasteiger partial charge in [-0.3, -0.25) is 9.89 Å². The summed E-state index contributed by atoms with van der Waals surface area (Å²) in [5, 5.41) is 11.2. The van der Waals surface area contributed by atoms with Crippen LogP contribution in [0.2, 0.25) is 5.02 Å². The predicted octanol–water partition coefficient (Wildman–Crippen LogP) is 8.62. The first-order valence-corrected chi connectivity index (χ1v) is 17.4. The Morgan fingerprint density at radius 1 is 0.930 bits per heavy atom. The Labute approximate surface area is 260 Å². The number of rotatable bonds is 15. The molecule has 0 aliphatic carbocycles. The van der Waals surface area contributed by atoms with Gasteiger partial charge in [0.25, 0.3) is 5.91 Å². The molecule has 0 aliphatic rings. The number of nitrogens with one attached hydrogen (secondary N) is 2. The zero-order valence-corrected chi connectivity index (χ0v) is 27.3. The Morgan fingerprint density at radius 2 is 1.56 bits per heavy atom. The monoisotopic (exact) mass is 625 g/mol. The molecule has 2 N–H and O–H groups in total. The molecule has 0 saturated carbocycles. The minimum absolute atomic E-state index is 0.126. The molecular formula is C33H44ClN5O3S. The molecule has 232 valence electrons. The van der Waals surface area contributed by atoms with Crippen LogP contribution in [0.1, 0.15) is 108 Å². The van der Waals surface area contributed by atoms with Crippen molar-refractivity contribution in [2.24, 2.45) is 0 Å². The summed E-state index contributed by atoms with van der Waals surface area (Å²) < 4.78 is 27.2. The largest absolute Gasteiger partial charge is 0.322 e. The minimum atomic E-state index is -3.39. The smallest absolute Gasteiger partial charge is 0.255 e. The molecule has 2 heterocycles. The Morgan fingerprint density at radius 3 is 2.16 bits per heavy atom. The summed E-state index contributed by atoms with van der Waals surface area (Å²) in [5.74, 6) is 0.265. The molecule has 8 nitrogen and oxygen atoms in total. The summed E-state index contributed by atoms with van der Waals surface area (Å²) in [4.78, 5) is 17.8. The average molecular weight is 626 g/mol. The molecule has 1 amide bonds. The molecule has 0 atom stereocenters. The van der Waals surface area contributed by atoms with Crippen molar-refractivity contribution in [2.45, 2.75) is 102 Å². The van der Waals surface area contributed by atoms with Crippen LogP contribution in [0.5, 0.6) is 0 Å². The maximum Gasteiger partial charge on any atom is 0.255 e. The first kappa shape index (κ1) is 32.7. The lowest BCUT2D eigenvalue weighted by Crippen LogP contribution is -2.13. The highest BCUT2D eigenvalue weighted by Gasteiger charge is 2.24. The molecule has 0 saturated heterocycles. The van der Waals surface area contributed by atoms with Crippen molar-refractivity contribution in [1.82, 2.24) is 19.8 Å². The van der Waals surface area contributed by atoms with Gasteiger partial charge in [0, 0.05) is 22.2 Å². The van der Waals surface area contributed by atoms with Crippen LogP contribution in [0.4, 0.5) is 5.69 Å². The van der Waals surface area contributed by atoms with E-state index in [-0.39, 0.29) is 22.0 Å². The van der Waals surface area contributed by atoms with E-state index in [1.807, 2.05) is 12.1 Å². The summed E-state index contributed by atoms with van der Waals surface area (Å²) in [6, 6.07) is 13.4. The molecule has 0 radical (unpaired) electrons. The van der Waals surface area contributed by atoms with Crippen LogP contribution in [0.15, 0.2) is 53.4 Å². The number of unbranched alkanes of at least 4 members (excludes halogenated alkanes) is 9. The van der Waals surface area contributed by atoms with Gasteiger partial charge in [-0.2, -0.15) is 4.63 Å². The summed E-state index contributed by atoms with van der Waals surface area (Å²) >= 11 is 6.57. The Kier molecular flexibility index (Phi) is 11.1. The number of carbonyl (C=O) groups excluding carboxylic acids is 1. The molecule has 0 unspecified atom stereocenters. The van der Waals surface area contributed by atoms with Crippen molar-refractivity contribution in [1.29, 1.82) is 0 Å². The van der Waals surface area contributed by atoms with Crippen molar-refractivity contribution in [3.63, 3.8) is 0 Å². The van der Waals surface area contributed by atoms with E-state index < -0.39 is 9.84 Å². The number of hydrogen-bond acceptors (Lipinski definition) is 5. The number of aromatic amines is 1. The maximum absolute atomic E-state index is 13.0. The van der Waals surface area contributed by atoms with Gasteiger partial charge in [-0.05, 0) is 42.8 Å². The molecule has 10 heteroatoms. The normalized spacial score (nSPS) is 12.2. The second kappa shape index (κ2) is 14.5. The van der Waals surface area contributed by atoms with Crippen LogP contribution >= 0.6 is 11.6 Å². The SMILES string of the molecule is CCCCCCCCCCCCS(=O)(=O)c1ccc(C(=O)Nc2cccc(-c3nc4c(Cl)c(C(C)(C)C)[nH]n4n3)c2)cc1. The summed E-state index contributed by atoms with van der Waals surface area (Å²) in [6.07, 6.45) is 11.5. The van der Waals surface area contributed by atoms with E-state index in [0.717, 1.165) is 24.1 Å². The van der Waals surface area contributed by atoms with E-state index in [1.54, 1.807) is 28.9 Å². The van der Waals surface area contributed by atoms with Gasteiger partial charge in [0.15, 0.2) is 21.3 Å². The number of fused-ring (bicyclic) bond motifs is 1. The third kappa shape index (κ3) is 8.70. The highest BCUT2D eigenvalue weighted by molar-refractivity contribution is 7.91. The zero-order chi connectivity index (χ0) is 31.0. The topological polar surface area (TPSA) is 109 Å². The standard InChI is InChI=1S/C33H44ClN5O3S/c1-5-6-7-8-9-10-11-12-13-14-22-43(41,42)27-20-18-24(19-21-27)32(40)35-26-17-15-16-25(23-26)30-36-31-28(34)29(33(2,3)4)37-39(31)38-30/h15-21,23,37H,5-14,22H2,1-4H3,(H,35,40). The average Bonchev–Trinajstić information content (AvgIpc) is 3.53. The van der Waals surface area contributed by atoms with Gasteiger partial charge in [-0.25, -0.2) is 13.4 Å². The second-order valence-electron chi connectivity index (χ2n) is 12.3. The maximum atomic E-state index is 13.0. The van der Waals surface area contributed by atoms with E-state index in [0.29, 0.717) is 34.2 Å². The number of amides is 1. The number of benzene rings is 2. The van der Waals surface area contributed by atoms with Crippen molar-refractivity contribution >= 4 is 38.7 Å². The molecule has 2 aromatic heterocycles.